The monoisotopic (exact) mass is 218 g/mol. The van der Waals surface area contributed by atoms with Gasteiger partial charge in [-0.3, -0.25) is 0 Å². The molecular formula is C9H7KO4. The molecule has 1 aromatic rings. The van der Waals surface area contributed by atoms with Gasteiger partial charge in [0.1, 0.15) is 5.97 Å². The van der Waals surface area contributed by atoms with E-state index in [4.69, 9.17) is 20.1 Å². The van der Waals surface area contributed by atoms with Crippen molar-refractivity contribution < 1.29 is 71.5 Å². The van der Waals surface area contributed by atoms with Crippen molar-refractivity contribution >= 4 is 5.97 Å². The van der Waals surface area contributed by atoms with Gasteiger partial charge in [0.2, 0.25) is 0 Å². The molecule has 1 rings (SSSR count). The van der Waals surface area contributed by atoms with E-state index < -0.39 is 5.97 Å². The van der Waals surface area contributed by atoms with Crippen LogP contribution < -0.4 is 56.5 Å². The number of carbonyl (C=O) groups excluding carboxylic acids is 1. The van der Waals surface area contributed by atoms with Crippen LogP contribution in [0.1, 0.15) is 0 Å². The Kier molecular flexibility index (Phi) is 10.3. The third kappa shape index (κ3) is 8.10. The second-order valence-corrected chi connectivity index (χ2v) is 1.92. The van der Waals surface area contributed by atoms with Crippen LogP contribution in [0.2, 0.25) is 0 Å². The summed E-state index contributed by atoms with van der Waals surface area (Å²) in [5, 5.41) is 26.4. The molecule has 2 N–H and O–H groups in total. The van der Waals surface area contributed by atoms with Crippen LogP contribution >= 0.6 is 0 Å². The normalized spacial score (nSPS) is 7.07. The van der Waals surface area contributed by atoms with Gasteiger partial charge in [0.05, 0.1) is 0 Å². The SMILES string of the molecule is C#CC(=O)[O-].Oc1ccccc1O.[K+]. The maximum Gasteiger partial charge on any atom is 1.00 e. The van der Waals surface area contributed by atoms with E-state index in [0.717, 1.165) is 0 Å². The predicted octanol–water partition coefficient (Wildman–Crippen LogP) is -3.53. The molecule has 0 fully saturated rings. The molecule has 0 unspecified atom stereocenters. The molecule has 68 valence electrons. The molecule has 0 heterocycles. The Morgan fingerprint density at radius 1 is 1.29 bits per heavy atom. The number of phenolic OH excluding ortho intramolecular Hbond substituents is 2. The van der Waals surface area contributed by atoms with Crippen molar-refractivity contribution in [3.05, 3.63) is 24.3 Å². The van der Waals surface area contributed by atoms with Crippen molar-refractivity contribution in [2.24, 2.45) is 0 Å². The van der Waals surface area contributed by atoms with Gasteiger partial charge in [0, 0.05) is 0 Å². The van der Waals surface area contributed by atoms with Crippen LogP contribution in [0, 0.1) is 12.3 Å². The number of hydrogen-bond acceptors (Lipinski definition) is 4. The van der Waals surface area contributed by atoms with E-state index in [1.807, 2.05) is 0 Å². The number of aromatic hydroxyl groups is 2. The summed E-state index contributed by atoms with van der Waals surface area (Å²) in [5.41, 5.74) is 0. The van der Waals surface area contributed by atoms with E-state index in [2.05, 4.69) is 6.42 Å². The van der Waals surface area contributed by atoms with Crippen molar-refractivity contribution in [3.8, 4) is 23.8 Å². The van der Waals surface area contributed by atoms with Gasteiger partial charge in [-0.25, -0.2) is 0 Å². The van der Waals surface area contributed by atoms with Gasteiger partial charge < -0.3 is 20.1 Å². The van der Waals surface area contributed by atoms with Crippen LogP contribution in [-0.2, 0) is 4.79 Å². The van der Waals surface area contributed by atoms with Crippen LogP contribution in [0.25, 0.3) is 0 Å². The minimum absolute atomic E-state index is 0. The van der Waals surface area contributed by atoms with E-state index in [1.165, 1.54) is 18.1 Å². The summed E-state index contributed by atoms with van der Waals surface area (Å²) >= 11 is 0. The minimum atomic E-state index is -1.47. The standard InChI is InChI=1S/C6H6O2.C3H2O2.K/c7-5-3-1-2-4-6(5)8;1-2-3(4)5;/h1-4,7-8H;1H,(H,4,5);/q;;+1/p-1. The first-order chi connectivity index (χ1) is 6.07. The number of para-hydroxylation sites is 2. The number of aliphatic carboxylic acids is 1. The van der Waals surface area contributed by atoms with Crippen LogP contribution in [0.15, 0.2) is 24.3 Å². The van der Waals surface area contributed by atoms with Crippen LogP contribution in [0.4, 0.5) is 0 Å². The average Bonchev–Trinajstić information content (AvgIpc) is 2.11. The number of carbonyl (C=O) groups is 1. The van der Waals surface area contributed by atoms with E-state index in [1.54, 1.807) is 12.1 Å². The summed E-state index contributed by atoms with van der Waals surface area (Å²) in [7, 11) is 0. The Balaban J connectivity index is 0. The average molecular weight is 218 g/mol. The zero-order valence-corrected chi connectivity index (χ0v) is 10.7. The second kappa shape index (κ2) is 9.06. The molecule has 5 heteroatoms. The van der Waals surface area contributed by atoms with Gasteiger partial charge in [0.15, 0.2) is 11.5 Å². The summed E-state index contributed by atoms with van der Waals surface area (Å²) < 4.78 is 0. The molecule has 4 nitrogen and oxygen atoms in total. The smallest absolute Gasteiger partial charge is 0.537 e. The van der Waals surface area contributed by atoms with Gasteiger partial charge in [-0.2, -0.15) is 0 Å². The van der Waals surface area contributed by atoms with Crippen LogP contribution in [0.5, 0.6) is 11.5 Å². The maximum atomic E-state index is 9.02. The van der Waals surface area contributed by atoms with Crippen molar-refractivity contribution in [1.82, 2.24) is 0 Å². The van der Waals surface area contributed by atoms with E-state index in [-0.39, 0.29) is 62.9 Å². The Bertz CT molecular complexity index is 309. The van der Waals surface area contributed by atoms with Gasteiger partial charge in [-0.05, 0) is 12.1 Å². The Hall–Kier alpha value is -0.514. The van der Waals surface area contributed by atoms with Gasteiger partial charge >= 0.3 is 51.4 Å². The largest absolute Gasteiger partial charge is 1.00 e. The third-order valence-corrected chi connectivity index (χ3v) is 1.000. The number of phenols is 2. The predicted molar refractivity (Wildman–Crippen MR) is 43.6 cm³/mol. The molecule has 0 aliphatic carbocycles. The molecule has 0 aliphatic rings. The van der Waals surface area contributed by atoms with Crippen molar-refractivity contribution in [2.45, 2.75) is 0 Å². The zero-order valence-electron chi connectivity index (χ0n) is 7.60. The summed E-state index contributed by atoms with van der Waals surface area (Å²) in [5.74, 6) is -0.287. The number of terminal acetylenes is 1. The molecule has 0 atom stereocenters. The first-order valence-electron chi connectivity index (χ1n) is 3.22. The molecule has 1 aromatic carbocycles. The number of carboxylic acid groups (broad SMARTS) is 1. The fourth-order valence-corrected chi connectivity index (χ4v) is 0.464. The molecule has 0 bridgehead atoms. The Morgan fingerprint density at radius 3 is 1.71 bits per heavy atom. The quantitative estimate of drug-likeness (QED) is 0.269. The van der Waals surface area contributed by atoms with Crippen molar-refractivity contribution in [2.75, 3.05) is 0 Å². The minimum Gasteiger partial charge on any atom is -0.537 e. The fourth-order valence-electron chi connectivity index (χ4n) is 0.464. The Morgan fingerprint density at radius 2 is 1.57 bits per heavy atom. The van der Waals surface area contributed by atoms with Gasteiger partial charge in [-0.1, -0.05) is 18.1 Å². The van der Waals surface area contributed by atoms with Gasteiger partial charge in [0.25, 0.3) is 0 Å². The second-order valence-electron chi connectivity index (χ2n) is 1.92. The van der Waals surface area contributed by atoms with Gasteiger partial charge in [-0.15, -0.1) is 6.42 Å². The third-order valence-electron chi connectivity index (χ3n) is 1.000. The molecule has 0 saturated heterocycles. The molecule has 0 aromatic heterocycles. The number of rotatable bonds is 0. The topological polar surface area (TPSA) is 80.6 Å². The first-order valence-corrected chi connectivity index (χ1v) is 3.22. The van der Waals surface area contributed by atoms with Crippen LogP contribution in [-0.4, -0.2) is 16.2 Å². The van der Waals surface area contributed by atoms with Crippen LogP contribution in [0.3, 0.4) is 0 Å². The molecule has 0 saturated carbocycles. The molecule has 0 amide bonds. The van der Waals surface area contributed by atoms with E-state index >= 15 is 0 Å². The fraction of sp³-hybridized carbons (Fsp3) is 0. The summed E-state index contributed by atoms with van der Waals surface area (Å²) in [6.45, 7) is 0. The van der Waals surface area contributed by atoms with Crippen molar-refractivity contribution in [3.63, 3.8) is 0 Å². The molecular weight excluding hydrogens is 211 g/mol. The number of benzene rings is 1. The number of carboxylic acids is 1. The van der Waals surface area contributed by atoms with E-state index in [9.17, 15) is 0 Å². The molecule has 14 heavy (non-hydrogen) atoms. The maximum absolute atomic E-state index is 9.02. The molecule has 0 aliphatic heterocycles. The number of hydrogen-bond donors (Lipinski definition) is 2. The molecule has 0 radical (unpaired) electrons. The zero-order chi connectivity index (χ0) is 10.3. The summed E-state index contributed by atoms with van der Waals surface area (Å²) in [4.78, 5) is 9.02. The Labute approximate surface area is 124 Å². The first kappa shape index (κ1) is 15.9. The summed E-state index contributed by atoms with van der Waals surface area (Å²) in [6, 6.07) is 6.15. The van der Waals surface area contributed by atoms with Crippen molar-refractivity contribution in [1.29, 1.82) is 0 Å². The van der Waals surface area contributed by atoms with E-state index in [0.29, 0.717) is 0 Å². The molecule has 0 spiro atoms. The summed E-state index contributed by atoms with van der Waals surface area (Å²) in [6.07, 6.45) is 4.26.